The van der Waals surface area contributed by atoms with E-state index in [0.717, 1.165) is 17.6 Å². The zero-order chi connectivity index (χ0) is 13.2. The highest BCUT2D eigenvalue weighted by atomic mass is 35.5. The van der Waals surface area contributed by atoms with E-state index in [4.69, 9.17) is 11.6 Å². The minimum absolute atomic E-state index is 0.621. The fraction of sp³-hybridized carbons (Fsp3) is 0.600. The molecule has 0 saturated heterocycles. The van der Waals surface area contributed by atoms with E-state index in [2.05, 4.69) is 43.2 Å². The van der Waals surface area contributed by atoms with Crippen LogP contribution in [-0.4, -0.2) is 20.7 Å². The summed E-state index contributed by atoms with van der Waals surface area (Å²) in [7, 11) is -1.06. The lowest BCUT2D eigenvalue weighted by Crippen LogP contribution is -2.30. The molecular weight excluding hydrogens is 258 g/mol. The predicted molar refractivity (Wildman–Crippen MR) is 83.4 cm³/mol. The molecule has 1 unspecified atom stereocenters. The molecule has 0 radical (unpaired) electrons. The molecule has 3 heteroatoms. The standard InChI is InChI=1S/C15H24ClNSi/c1-18(2,3)11-13(10-17-15-7-8-15)12-5-4-6-14(16)9-12/h4-6,9,13,15,17H,7-8,10-11H2,1-3H3. The van der Waals surface area contributed by atoms with Crippen LogP contribution in [-0.2, 0) is 0 Å². The normalized spacial score (nSPS) is 17.8. The molecule has 1 fully saturated rings. The Morgan fingerprint density at radius 2 is 2.06 bits per heavy atom. The maximum atomic E-state index is 6.13. The molecule has 1 aliphatic carbocycles. The SMILES string of the molecule is C[Si](C)(C)CC(CNC1CC1)c1cccc(Cl)c1. The van der Waals surface area contributed by atoms with Crippen molar-refractivity contribution in [2.45, 2.75) is 50.5 Å². The van der Waals surface area contributed by atoms with Gasteiger partial charge in [-0.3, -0.25) is 0 Å². The van der Waals surface area contributed by atoms with Crippen molar-refractivity contribution in [3.8, 4) is 0 Å². The van der Waals surface area contributed by atoms with Crippen LogP contribution in [0.3, 0.4) is 0 Å². The summed E-state index contributed by atoms with van der Waals surface area (Å²) < 4.78 is 0. The Balaban J connectivity index is 2.06. The molecule has 1 nitrogen and oxygen atoms in total. The van der Waals surface area contributed by atoms with Crippen LogP contribution in [0.25, 0.3) is 0 Å². The Morgan fingerprint density at radius 1 is 1.33 bits per heavy atom. The molecule has 1 aromatic rings. The first kappa shape index (κ1) is 14.1. The Hall–Kier alpha value is -0.313. The number of halogens is 1. The molecule has 1 aliphatic rings. The number of nitrogens with one attached hydrogen (secondary N) is 1. The van der Waals surface area contributed by atoms with E-state index < -0.39 is 8.07 Å². The molecule has 2 rings (SSSR count). The molecule has 1 N–H and O–H groups in total. The molecule has 1 atom stereocenters. The van der Waals surface area contributed by atoms with E-state index in [1.807, 2.05) is 6.07 Å². The van der Waals surface area contributed by atoms with Gasteiger partial charge in [-0.15, -0.1) is 0 Å². The zero-order valence-electron chi connectivity index (χ0n) is 11.7. The third kappa shape index (κ3) is 4.75. The second kappa shape index (κ2) is 5.77. The van der Waals surface area contributed by atoms with Crippen molar-refractivity contribution >= 4 is 19.7 Å². The van der Waals surface area contributed by atoms with Gasteiger partial charge in [-0.25, -0.2) is 0 Å². The van der Waals surface area contributed by atoms with Gasteiger partial charge in [-0.2, -0.15) is 0 Å². The quantitative estimate of drug-likeness (QED) is 0.757. The van der Waals surface area contributed by atoms with Gasteiger partial charge in [-0.1, -0.05) is 43.4 Å². The van der Waals surface area contributed by atoms with Crippen molar-refractivity contribution < 1.29 is 0 Å². The van der Waals surface area contributed by atoms with Gasteiger partial charge in [0, 0.05) is 25.7 Å². The summed E-state index contributed by atoms with van der Waals surface area (Å²) in [5, 5.41) is 4.54. The monoisotopic (exact) mass is 281 g/mol. The molecule has 1 saturated carbocycles. The Labute approximate surface area is 117 Å². The lowest BCUT2D eigenvalue weighted by atomic mass is 10.0. The maximum Gasteiger partial charge on any atom is 0.0449 e. The molecule has 18 heavy (non-hydrogen) atoms. The fourth-order valence-electron chi connectivity index (χ4n) is 2.40. The highest BCUT2D eigenvalue weighted by Gasteiger charge is 2.25. The van der Waals surface area contributed by atoms with E-state index in [-0.39, 0.29) is 0 Å². The molecule has 100 valence electrons. The minimum atomic E-state index is -1.06. The van der Waals surface area contributed by atoms with Gasteiger partial charge in [0.1, 0.15) is 0 Å². The summed E-state index contributed by atoms with van der Waals surface area (Å²) in [4.78, 5) is 0. The van der Waals surface area contributed by atoms with Gasteiger partial charge >= 0.3 is 0 Å². The smallest absolute Gasteiger partial charge is 0.0449 e. The Kier molecular flexibility index (Phi) is 4.52. The van der Waals surface area contributed by atoms with Gasteiger partial charge in [0.25, 0.3) is 0 Å². The van der Waals surface area contributed by atoms with Crippen molar-refractivity contribution in [2.75, 3.05) is 6.54 Å². The van der Waals surface area contributed by atoms with Crippen molar-refractivity contribution in [3.05, 3.63) is 34.9 Å². The lowest BCUT2D eigenvalue weighted by molar-refractivity contribution is 0.607. The predicted octanol–water partition coefficient (Wildman–Crippen LogP) is 4.51. The van der Waals surface area contributed by atoms with E-state index in [0.29, 0.717) is 5.92 Å². The van der Waals surface area contributed by atoms with Crippen LogP contribution in [0.1, 0.15) is 24.3 Å². The highest BCUT2D eigenvalue weighted by molar-refractivity contribution is 6.76. The summed E-state index contributed by atoms with van der Waals surface area (Å²) in [6.07, 6.45) is 2.71. The number of hydrogen-bond donors (Lipinski definition) is 1. The van der Waals surface area contributed by atoms with Gasteiger partial charge in [0.05, 0.1) is 0 Å². The van der Waals surface area contributed by atoms with Crippen LogP contribution >= 0.6 is 11.6 Å². The first-order valence-electron chi connectivity index (χ1n) is 6.93. The van der Waals surface area contributed by atoms with E-state index in [9.17, 15) is 0 Å². The Morgan fingerprint density at radius 3 is 2.61 bits per heavy atom. The van der Waals surface area contributed by atoms with Crippen LogP contribution in [0.4, 0.5) is 0 Å². The fourth-order valence-corrected chi connectivity index (χ4v) is 4.46. The van der Waals surface area contributed by atoms with Gasteiger partial charge in [0.15, 0.2) is 0 Å². The zero-order valence-corrected chi connectivity index (χ0v) is 13.4. The van der Waals surface area contributed by atoms with Crippen molar-refractivity contribution in [2.24, 2.45) is 0 Å². The molecule has 0 bridgehead atoms. The van der Waals surface area contributed by atoms with E-state index >= 15 is 0 Å². The molecule has 0 amide bonds. The van der Waals surface area contributed by atoms with Crippen LogP contribution < -0.4 is 5.32 Å². The average Bonchev–Trinajstić information content (AvgIpc) is 3.06. The number of hydrogen-bond acceptors (Lipinski definition) is 1. The first-order chi connectivity index (χ1) is 8.44. The second-order valence-corrected chi connectivity index (χ2v) is 12.7. The van der Waals surface area contributed by atoms with Crippen molar-refractivity contribution in [1.82, 2.24) is 5.32 Å². The number of rotatable bonds is 6. The molecule has 0 aliphatic heterocycles. The van der Waals surface area contributed by atoms with Crippen LogP contribution in [0.5, 0.6) is 0 Å². The van der Waals surface area contributed by atoms with Gasteiger partial charge < -0.3 is 5.32 Å². The topological polar surface area (TPSA) is 12.0 Å². The van der Waals surface area contributed by atoms with Crippen LogP contribution in [0.2, 0.25) is 30.7 Å². The molecular formula is C15H24ClNSi. The van der Waals surface area contributed by atoms with Crippen molar-refractivity contribution in [1.29, 1.82) is 0 Å². The van der Waals surface area contributed by atoms with Gasteiger partial charge in [0.2, 0.25) is 0 Å². The summed E-state index contributed by atoms with van der Waals surface area (Å²) in [6, 6.07) is 10.5. The third-order valence-corrected chi connectivity index (χ3v) is 5.36. The first-order valence-corrected chi connectivity index (χ1v) is 11.0. The number of benzene rings is 1. The molecule has 0 aromatic heterocycles. The van der Waals surface area contributed by atoms with E-state index in [1.165, 1.54) is 24.4 Å². The van der Waals surface area contributed by atoms with Crippen LogP contribution in [0.15, 0.2) is 24.3 Å². The minimum Gasteiger partial charge on any atom is -0.313 e. The maximum absolute atomic E-state index is 6.13. The second-order valence-electron chi connectivity index (χ2n) is 6.70. The Bertz CT molecular complexity index is 396. The summed E-state index contributed by atoms with van der Waals surface area (Å²) >= 11 is 6.13. The van der Waals surface area contributed by atoms with Crippen molar-refractivity contribution in [3.63, 3.8) is 0 Å². The summed E-state index contributed by atoms with van der Waals surface area (Å²) in [5.41, 5.74) is 1.40. The van der Waals surface area contributed by atoms with Crippen LogP contribution in [0, 0.1) is 0 Å². The van der Waals surface area contributed by atoms with E-state index in [1.54, 1.807) is 0 Å². The average molecular weight is 282 g/mol. The molecule has 0 heterocycles. The highest BCUT2D eigenvalue weighted by Crippen LogP contribution is 2.29. The third-order valence-electron chi connectivity index (χ3n) is 3.41. The summed E-state index contributed by atoms with van der Waals surface area (Å²) in [5.74, 6) is 0.621. The van der Waals surface area contributed by atoms with Gasteiger partial charge in [-0.05, 0) is 42.5 Å². The molecule has 0 spiro atoms. The molecule has 1 aromatic carbocycles. The summed E-state index contributed by atoms with van der Waals surface area (Å²) in [6.45, 7) is 8.44. The lowest BCUT2D eigenvalue weighted by Gasteiger charge is -2.25. The largest absolute Gasteiger partial charge is 0.313 e.